The minimum Gasteiger partial charge on any atom is -0.334 e. The highest BCUT2D eigenvalue weighted by Gasteiger charge is 2.44. The first-order valence-electron chi connectivity index (χ1n) is 11.0. The average Bonchev–Trinajstić information content (AvgIpc) is 3.49. The Bertz CT molecular complexity index is 1010. The van der Waals surface area contributed by atoms with Gasteiger partial charge < -0.3 is 14.7 Å². The predicted molar refractivity (Wildman–Crippen MR) is 116 cm³/mol. The third kappa shape index (κ3) is 4.45. The molecule has 2 amide bonds. The molecule has 2 fully saturated rings. The van der Waals surface area contributed by atoms with Crippen molar-refractivity contribution in [3.63, 3.8) is 0 Å². The molecule has 2 aromatic heterocycles. The van der Waals surface area contributed by atoms with Crippen LogP contribution in [0.3, 0.4) is 0 Å². The summed E-state index contributed by atoms with van der Waals surface area (Å²) in [5, 5.41) is 7.44. The Labute approximate surface area is 181 Å². The molecule has 3 heterocycles. The van der Waals surface area contributed by atoms with Crippen LogP contribution >= 0.6 is 0 Å². The number of carbonyl (C=O) groups excluding carboxylic acids is 1. The molecule has 0 unspecified atom stereocenters. The Balaban J connectivity index is 1.26. The largest absolute Gasteiger partial charge is 0.334 e. The molecular formula is C24H27N5O2. The summed E-state index contributed by atoms with van der Waals surface area (Å²) in [5.41, 5.74) is 1.87. The molecule has 5 rings (SSSR count). The van der Waals surface area contributed by atoms with Crippen LogP contribution in [0.5, 0.6) is 0 Å². The monoisotopic (exact) mass is 417 g/mol. The number of likely N-dealkylation sites (tertiary alicyclic amines) is 1. The fourth-order valence-electron chi connectivity index (χ4n) is 4.47. The topological polar surface area (TPSA) is 84.2 Å². The maximum Gasteiger partial charge on any atom is 0.317 e. The first kappa shape index (κ1) is 19.7. The van der Waals surface area contributed by atoms with E-state index in [2.05, 4.69) is 15.5 Å². The highest BCUT2D eigenvalue weighted by molar-refractivity contribution is 5.74. The van der Waals surface area contributed by atoms with Gasteiger partial charge in [0.05, 0.1) is 0 Å². The van der Waals surface area contributed by atoms with Crippen molar-refractivity contribution in [2.45, 2.75) is 44.1 Å². The van der Waals surface area contributed by atoms with Gasteiger partial charge in [0.15, 0.2) is 5.82 Å². The zero-order chi connectivity index (χ0) is 21.1. The van der Waals surface area contributed by atoms with Gasteiger partial charge in [-0.2, -0.15) is 4.98 Å². The zero-order valence-corrected chi connectivity index (χ0v) is 17.5. The number of hydrogen-bond donors (Lipinski definition) is 1. The van der Waals surface area contributed by atoms with Crippen molar-refractivity contribution in [1.82, 2.24) is 25.3 Å². The molecule has 1 aromatic carbocycles. The molecular weight excluding hydrogens is 390 g/mol. The van der Waals surface area contributed by atoms with Crippen LogP contribution in [0.25, 0.3) is 11.5 Å². The third-order valence-electron chi connectivity index (χ3n) is 6.50. The van der Waals surface area contributed by atoms with Crippen molar-refractivity contribution < 1.29 is 9.32 Å². The lowest BCUT2D eigenvalue weighted by Crippen LogP contribution is -2.49. The van der Waals surface area contributed by atoms with Gasteiger partial charge in [0.25, 0.3) is 5.89 Å². The minimum atomic E-state index is -0.119. The number of nitrogens with zero attached hydrogens (tertiary/aromatic N) is 4. The van der Waals surface area contributed by atoms with Crippen molar-refractivity contribution in [2.24, 2.45) is 5.92 Å². The quantitative estimate of drug-likeness (QED) is 0.651. The number of hydrogen-bond acceptors (Lipinski definition) is 5. The molecule has 1 saturated heterocycles. The van der Waals surface area contributed by atoms with Crippen molar-refractivity contribution >= 4 is 6.03 Å². The van der Waals surface area contributed by atoms with Crippen molar-refractivity contribution in [2.75, 3.05) is 13.1 Å². The summed E-state index contributed by atoms with van der Waals surface area (Å²) in [4.78, 5) is 23.4. The summed E-state index contributed by atoms with van der Waals surface area (Å²) >= 11 is 0. The highest BCUT2D eigenvalue weighted by Crippen LogP contribution is 2.46. The number of pyridine rings is 1. The number of benzene rings is 1. The lowest BCUT2D eigenvalue weighted by Gasteiger charge is -2.40. The van der Waals surface area contributed by atoms with E-state index < -0.39 is 0 Å². The second-order valence-corrected chi connectivity index (χ2v) is 8.72. The number of piperidine rings is 1. The zero-order valence-electron chi connectivity index (χ0n) is 17.5. The second kappa shape index (κ2) is 8.49. The van der Waals surface area contributed by atoms with E-state index >= 15 is 0 Å². The molecule has 1 saturated carbocycles. The summed E-state index contributed by atoms with van der Waals surface area (Å²) < 4.78 is 5.61. The Morgan fingerprint density at radius 3 is 2.55 bits per heavy atom. The molecule has 0 radical (unpaired) electrons. The SMILES string of the molecule is O=C(NCc1ccccc1)N1CCC(CC2CC2)(c2noc(-c3ccncc3)n2)CC1. The number of urea groups is 1. The van der Waals surface area contributed by atoms with Gasteiger partial charge in [0.1, 0.15) is 0 Å². The van der Waals surface area contributed by atoms with E-state index in [0.29, 0.717) is 25.5 Å². The first-order chi connectivity index (χ1) is 15.2. The summed E-state index contributed by atoms with van der Waals surface area (Å²) in [7, 11) is 0. The van der Waals surface area contributed by atoms with Gasteiger partial charge in [-0.3, -0.25) is 4.98 Å². The Kier molecular flexibility index (Phi) is 5.40. The maximum atomic E-state index is 12.7. The molecule has 7 heteroatoms. The molecule has 1 aliphatic heterocycles. The summed E-state index contributed by atoms with van der Waals surface area (Å²) in [6.07, 6.45) is 8.80. The number of amides is 2. The van der Waals surface area contributed by atoms with Crippen molar-refractivity contribution in [1.29, 1.82) is 0 Å². The fourth-order valence-corrected chi connectivity index (χ4v) is 4.47. The Morgan fingerprint density at radius 1 is 1.10 bits per heavy atom. The molecule has 3 aromatic rings. The highest BCUT2D eigenvalue weighted by atomic mass is 16.5. The van der Waals surface area contributed by atoms with E-state index in [0.717, 1.165) is 42.1 Å². The van der Waals surface area contributed by atoms with Gasteiger partial charge in [0.2, 0.25) is 0 Å². The van der Waals surface area contributed by atoms with Gasteiger partial charge in [-0.15, -0.1) is 0 Å². The predicted octanol–water partition coefficient (Wildman–Crippen LogP) is 4.18. The molecule has 1 N–H and O–H groups in total. The summed E-state index contributed by atoms with van der Waals surface area (Å²) in [5.74, 6) is 2.06. The van der Waals surface area contributed by atoms with Gasteiger partial charge >= 0.3 is 6.03 Å². The van der Waals surface area contributed by atoms with E-state index in [1.165, 1.54) is 12.8 Å². The molecule has 0 bridgehead atoms. The normalized spacial score (nSPS) is 18.0. The molecule has 0 atom stereocenters. The molecule has 2 aliphatic rings. The van der Waals surface area contributed by atoms with E-state index in [-0.39, 0.29) is 11.4 Å². The van der Waals surface area contributed by atoms with Crippen molar-refractivity contribution in [3.05, 3.63) is 66.2 Å². The number of rotatable bonds is 6. The average molecular weight is 418 g/mol. The van der Waals surface area contributed by atoms with Gasteiger partial charge in [-0.1, -0.05) is 48.3 Å². The number of nitrogens with one attached hydrogen (secondary N) is 1. The molecule has 31 heavy (non-hydrogen) atoms. The van der Waals surface area contributed by atoms with Crippen LogP contribution in [0.2, 0.25) is 0 Å². The second-order valence-electron chi connectivity index (χ2n) is 8.72. The first-order valence-corrected chi connectivity index (χ1v) is 11.0. The van der Waals surface area contributed by atoms with Crippen LogP contribution < -0.4 is 5.32 Å². The smallest absolute Gasteiger partial charge is 0.317 e. The standard InChI is InChI=1S/C24H27N5O2/c30-23(26-17-19-4-2-1-3-5-19)29-14-10-24(11-15-29,16-18-6-7-18)22-27-21(31-28-22)20-8-12-25-13-9-20/h1-5,8-9,12-13,18H,6-7,10-11,14-17H2,(H,26,30). The third-order valence-corrected chi connectivity index (χ3v) is 6.50. The van der Waals surface area contributed by atoms with E-state index in [4.69, 9.17) is 9.51 Å². The van der Waals surface area contributed by atoms with Crippen LogP contribution in [0.15, 0.2) is 59.4 Å². The lowest BCUT2D eigenvalue weighted by molar-refractivity contribution is 0.144. The number of carbonyl (C=O) groups is 1. The van der Waals surface area contributed by atoms with Crippen molar-refractivity contribution in [3.8, 4) is 11.5 Å². The van der Waals surface area contributed by atoms with E-state index in [1.54, 1.807) is 12.4 Å². The van der Waals surface area contributed by atoms with Gasteiger partial charge in [-0.25, -0.2) is 4.79 Å². The lowest BCUT2D eigenvalue weighted by atomic mass is 9.73. The molecule has 0 spiro atoms. The number of aromatic nitrogens is 3. The van der Waals surface area contributed by atoms with Crippen LogP contribution in [-0.2, 0) is 12.0 Å². The van der Waals surface area contributed by atoms with Gasteiger partial charge in [-0.05, 0) is 42.9 Å². The maximum absolute atomic E-state index is 12.7. The molecule has 7 nitrogen and oxygen atoms in total. The fraction of sp³-hybridized carbons (Fsp3) is 0.417. The van der Waals surface area contributed by atoms with Crippen LogP contribution in [0.1, 0.15) is 43.5 Å². The Morgan fingerprint density at radius 2 is 1.84 bits per heavy atom. The summed E-state index contributed by atoms with van der Waals surface area (Å²) in [6.45, 7) is 1.95. The van der Waals surface area contributed by atoms with Crippen LogP contribution in [-0.4, -0.2) is 39.1 Å². The summed E-state index contributed by atoms with van der Waals surface area (Å²) in [6, 6.07) is 13.7. The Hall–Kier alpha value is -3.22. The van der Waals surface area contributed by atoms with E-state index in [1.807, 2.05) is 47.4 Å². The van der Waals surface area contributed by atoms with Gasteiger partial charge in [0, 0.05) is 43.0 Å². The molecule has 1 aliphatic carbocycles. The van der Waals surface area contributed by atoms with Crippen LogP contribution in [0, 0.1) is 5.92 Å². The van der Waals surface area contributed by atoms with E-state index in [9.17, 15) is 4.79 Å². The van der Waals surface area contributed by atoms with Crippen LogP contribution in [0.4, 0.5) is 4.79 Å². The minimum absolute atomic E-state index is 0.00513. The molecule has 160 valence electrons.